The lowest BCUT2D eigenvalue weighted by Crippen LogP contribution is -2.46. The second-order valence-electron chi connectivity index (χ2n) is 16.0. The molecule has 2 aliphatic heterocycles. The Hall–Kier alpha value is -5.03. The number of nitrogens with zero attached hydrogens (tertiary/aromatic N) is 4. The smallest absolute Gasteiger partial charge is 0.310 e. The Morgan fingerprint density at radius 3 is 1.49 bits per heavy atom. The number of ether oxygens (including phenoxy) is 1. The first-order valence-electron chi connectivity index (χ1n) is 21.4. The van der Waals surface area contributed by atoms with E-state index < -0.39 is 30.3 Å². The van der Waals surface area contributed by atoms with Crippen LogP contribution in [-0.2, 0) is 32.2 Å². The summed E-state index contributed by atoms with van der Waals surface area (Å²) in [5.41, 5.74) is 5.90. The Kier molecular flexibility index (Phi) is 17.8. The molecule has 4 aromatic rings. The average Bonchev–Trinajstić information content (AvgIpc) is 3.81. The molecule has 2 aromatic heterocycles. The molecule has 63 heavy (non-hydrogen) atoms. The van der Waals surface area contributed by atoms with Gasteiger partial charge in [0.1, 0.15) is 0 Å². The summed E-state index contributed by atoms with van der Waals surface area (Å²) >= 11 is 0. The number of esters is 1. The number of amides is 1. The predicted molar refractivity (Wildman–Crippen MR) is 249 cm³/mol. The number of β-amino-alcohol motifs (C(OH)–C–C–N with tert-alkyl or cyclic N) is 4. The number of ketones is 1. The van der Waals surface area contributed by atoms with Crippen LogP contribution in [0.15, 0.2) is 97.6 Å². The van der Waals surface area contributed by atoms with Crippen molar-refractivity contribution in [2.75, 3.05) is 54.1 Å². The summed E-state index contributed by atoms with van der Waals surface area (Å²) in [4.78, 5) is 42.9. The van der Waals surface area contributed by atoms with Crippen LogP contribution >= 0.6 is 21.6 Å². The molecule has 2 aromatic carbocycles. The number of benzene rings is 2. The summed E-state index contributed by atoms with van der Waals surface area (Å²) in [6.07, 6.45) is 13.3. The minimum atomic E-state index is -0.733. The Bertz CT molecular complexity index is 2140. The maximum Gasteiger partial charge on any atom is 0.310 e. The van der Waals surface area contributed by atoms with Crippen LogP contribution in [0.5, 0.6) is 0 Å². The lowest BCUT2D eigenvalue weighted by Gasteiger charge is -2.17. The zero-order valence-corrected chi connectivity index (χ0v) is 37.4. The molecule has 0 aliphatic carbocycles. The highest BCUT2D eigenvalue weighted by atomic mass is 33.1. The summed E-state index contributed by atoms with van der Waals surface area (Å²) in [5, 5.41) is 42.5. The summed E-state index contributed by atoms with van der Waals surface area (Å²) in [6, 6.07) is 23.6. The van der Waals surface area contributed by atoms with Gasteiger partial charge in [0.25, 0.3) is 5.91 Å². The zero-order chi connectivity index (χ0) is 44.7. The van der Waals surface area contributed by atoms with Crippen molar-refractivity contribution in [2.24, 2.45) is 5.92 Å². The molecule has 5 N–H and O–H groups in total. The summed E-state index contributed by atoms with van der Waals surface area (Å²) < 4.78 is 8.95. The maximum absolute atomic E-state index is 13.2. The fraction of sp³-hybridized carbons (Fsp3) is 0.396. The molecular weight excluding hydrogens is 839 g/mol. The summed E-state index contributed by atoms with van der Waals surface area (Å²) in [6.45, 7) is 5.97. The van der Waals surface area contributed by atoms with E-state index in [4.69, 9.17) is 4.74 Å². The molecule has 0 radical (unpaired) electrons. The Morgan fingerprint density at radius 2 is 1.06 bits per heavy atom. The van der Waals surface area contributed by atoms with Crippen molar-refractivity contribution in [1.82, 2.24) is 5.32 Å². The average molecular weight is 898 g/mol. The lowest BCUT2D eigenvalue weighted by molar-refractivity contribution is -0.684. The number of hydrogen-bond donors (Lipinski definition) is 5. The molecule has 1 amide bonds. The van der Waals surface area contributed by atoms with Crippen LogP contribution in [0.3, 0.4) is 0 Å². The fourth-order valence-electron chi connectivity index (χ4n) is 7.28. The molecule has 0 spiro atoms. The molecule has 2 aliphatic rings. The minimum Gasteiger partial charge on any atom is -0.466 e. The lowest BCUT2D eigenvalue weighted by atomic mass is 10.0. The van der Waals surface area contributed by atoms with Gasteiger partial charge >= 0.3 is 5.97 Å². The number of pyridine rings is 2. The second-order valence-corrected chi connectivity index (χ2v) is 18.5. The number of anilines is 2. The van der Waals surface area contributed by atoms with Gasteiger partial charge in [-0.15, -0.1) is 0 Å². The number of nitrogens with one attached hydrogen (secondary N) is 1. The molecule has 6 rings (SSSR count). The van der Waals surface area contributed by atoms with Crippen molar-refractivity contribution in [3.8, 4) is 0 Å². The second kappa shape index (κ2) is 23.6. The molecule has 15 heteroatoms. The van der Waals surface area contributed by atoms with Crippen molar-refractivity contribution >= 4 is 74.9 Å². The number of carbonyl (C=O) groups excluding carboxylic acids is 3. The van der Waals surface area contributed by atoms with Gasteiger partial charge in [0, 0.05) is 85.8 Å². The van der Waals surface area contributed by atoms with E-state index in [1.165, 1.54) is 10.8 Å². The number of aliphatic hydroxyl groups excluding tert-OH is 4. The van der Waals surface area contributed by atoms with Crippen LogP contribution < -0.4 is 24.3 Å². The Morgan fingerprint density at radius 1 is 0.651 bits per heavy atom. The number of aliphatic hydroxyl groups is 4. The van der Waals surface area contributed by atoms with Gasteiger partial charge in [-0.2, -0.15) is 9.13 Å². The van der Waals surface area contributed by atoms with Crippen LogP contribution in [0.4, 0.5) is 11.4 Å². The van der Waals surface area contributed by atoms with Crippen LogP contribution in [0, 0.1) is 5.92 Å². The quantitative estimate of drug-likeness (QED) is 0.0356. The Balaban J connectivity index is 0.897. The van der Waals surface area contributed by atoms with E-state index in [-0.39, 0.29) is 49.8 Å². The van der Waals surface area contributed by atoms with Gasteiger partial charge in [-0.05, 0) is 59.9 Å². The topological polar surface area (TPSA) is 168 Å². The van der Waals surface area contributed by atoms with Gasteiger partial charge in [0.15, 0.2) is 30.6 Å². The van der Waals surface area contributed by atoms with E-state index in [1.807, 2.05) is 143 Å². The van der Waals surface area contributed by atoms with Crippen molar-refractivity contribution < 1.29 is 48.7 Å². The minimum absolute atomic E-state index is 0.0614. The third-order valence-electron chi connectivity index (χ3n) is 11.1. The Labute approximate surface area is 377 Å². The van der Waals surface area contributed by atoms with Gasteiger partial charge in [-0.25, -0.2) is 0 Å². The van der Waals surface area contributed by atoms with Gasteiger partial charge in [-0.1, -0.05) is 77.1 Å². The third-order valence-corrected chi connectivity index (χ3v) is 13.6. The highest BCUT2D eigenvalue weighted by molar-refractivity contribution is 8.76. The highest BCUT2D eigenvalue weighted by Crippen LogP contribution is 2.28. The molecule has 2 fully saturated rings. The highest BCUT2D eigenvalue weighted by Gasteiger charge is 2.31. The number of carbonyl (C=O) groups is 3. The van der Waals surface area contributed by atoms with E-state index in [9.17, 15) is 34.8 Å². The van der Waals surface area contributed by atoms with Crippen molar-refractivity contribution in [2.45, 2.75) is 70.2 Å². The maximum atomic E-state index is 13.2. The first-order valence-corrected chi connectivity index (χ1v) is 23.9. The van der Waals surface area contributed by atoms with Crippen LogP contribution in [-0.4, -0.2) is 113 Å². The molecule has 4 heterocycles. The first kappa shape index (κ1) is 47.4. The number of hydrogen-bond acceptors (Lipinski definition) is 12. The monoisotopic (exact) mass is 897 g/mol. The molecule has 2 saturated heterocycles. The normalized spacial score (nSPS) is 19.8. The SMILES string of the molecule is CCOC(=O)C(CSSCC(CC)NC(=O)C[n+]1ccc(/C=C/c2ccc(N3CC(O)C(O)C3)cc2)cc1)CC(=O)C[n+]1ccc(/C=C/c2ccc(N3CC(O)C(O)C3)cc2)cc1. The van der Waals surface area contributed by atoms with Gasteiger partial charge in [0.2, 0.25) is 13.1 Å². The van der Waals surface area contributed by atoms with Crippen LogP contribution in [0.25, 0.3) is 24.3 Å². The standard InChI is InChI=1S/C48H58N5O8S2/c1-3-39(49-47(59)31-51-23-19-37(20-24-51)8-6-35-11-15-41(16-12-35)53-29-45(57)46(58)30-53)33-63-62-32-38(48(60)61-4-2)25-42(54)26-50-21-17-36(18-22-50)7-5-34-9-13-40(14-10-34)52-27-43(55)44(56)28-52/h5-24,38-39,43-46,55-58H,3-4,25-33H2,1-2H3/q+1/p+1. The third kappa shape index (κ3) is 14.5. The molecule has 6 atom stereocenters. The van der Waals surface area contributed by atoms with E-state index in [1.54, 1.807) is 22.3 Å². The number of Topliss-reactive ketones (excluding diaryl/α,β-unsaturated/α-hetero) is 1. The van der Waals surface area contributed by atoms with E-state index in [0.717, 1.165) is 40.0 Å². The molecule has 13 nitrogen and oxygen atoms in total. The van der Waals surface area contributed by atoms with Gasteiger partial charge in [0.05, 0.1) is 36.9 Å². The number of aromatic nitrogens is 2. The molecule has 6 unspecified atom stereocenters. The van der Waals surface area contributed by atoms with Crippen molar-refractivity contribution in [3.05, 3.63) is 120 Å². The van der Waals surface area contributed by atoms with Gasteiger partial charge < -0.3 is 40.3 Å². The summed E-state index contributed by atoms with van der Waals surface area (Å²) in [5.74, 6) is -0.0801. The molecular formula is C48H59N5O8S2+2. The van der Waals surface area contributed by atoms with Crippen molar-refractivity contribution in [3.63, 3.8) is 0 Å². The first-order chi connectivity index (χ1) is 30.5. The predicted octanol–water partition coefficient (Wildman–Crippen LogP) is 3.80. The molecule has 0 bridgehead atoms. The largest absolute Gasteiger partial charge is 0.466 e. The number of rotatable bonds is 21. The van der Waals surface area contributed by atoms with E-state index in [0.29, 0.717) is 37.7 Å². The van der Waals surface area contributed by atoms with E-state index in [2.05, 4.69) is 5.32 Å². The van der Waals surface area contributed by atoms with Crippen LogP contribution in [0.2, 0.25) is 0 Å². The van der Waals surface area contributed by atoms with Crippen molar-refractivity contribution in [1.29, 1.82) is 0 Å². The van der Waals surface area contributed by atoms with Gasteiger partial charge in [-0.3, -0.25) is 14.4 Å². The van der Waals surface area contributed by atoms with Crippen LogP contribution in [0.1, 0.15) is 48.9 Å². The fourth-order valence-corrected chi connectivity index (χ4v) is 9.94. The zero-order valence-electron chi connectivity index (χ0n) is 35.8. The summed E-state index contributed by atoms with van der Waals surface area (Å²) in [7, 11) is 3.07. The molecule has 334 valence electrons. The molecule has 0 saturated carbocycles. The van der Waals surface area contributed by atoms with E-state index >= 15 is 0 Å².